The molecule has 1 saturated heterocycles. The topological polar surface area (TPSA) is 150 Å². The Labute approximate surface area is 274 Å². The molecule has 1 saturated carbocycles. The van der Waals surface area contributed by atoms with E-state index in [1.165, 1.54) is 12.1 Å². The average molecular weight is 660 g/mol. The molecular formula is C33H47F2N7O5. The number of halogens is 2. The molecule has 2 unspecified atom stereocenters. The maximum Gasteiger partial charge on any atom is 0.276 e. The molecule has 1 aliphatic carbocycles. The van der Waals surface area contributed by atoms with Gasteiger partial charge in [-0.2, -0.15) is 0 Å². The third kappa shape index (κ3) is 8.70. The van der Waals surface area contributed by atoms with E-state index < -0.39 is 47.7 Å². The number of carbonyl (C=O) groups is 4. The minimum Gasteiger partial charge on any atom is -0.341 e. The molecular weight excluding hydrogens is 612 g/mol. The van der Waals surface area contributed by atoms with Gasteiger partial charge >= 0.3 is 0 Å². The number of piperazine rings is 1. The highest BCUT2D eigenvalue weighted by Crippen LogP contribution is 2.32. The number of rotatable bonds is 11. The highest BCUT2D eigenvalue weighted by Gasteiger charge is 2.37. The van der Waals surface area contributed by atoms with Gasteiger partial charge in [0.2, 0.25) is 11.8 Å². The van der Waals surface area contributed by atoms with E-state index in [4.69, 9.17) is 4.63 Å². The first-order chi connectivity index (χ1) is 22.3. The van der Waals surface area contributed by atoms with E-state index in [1.54, 1.807) is 24.8 Å². The Morgan fingerprint density at radius 1 is 1.02 bits per heavy atom. The first-order valence-corrected chi connectivity index (χ1v) is 16.5. The van der Waals surface area contributed by atoms with Crippen LogP contribution in [0.1, 0.15) is 88.0 Å². The van der Waals surface area contributed by atoms with Gasteiger partial charge in [0.1, 0.15) is 23.6 Å². The van der Waals surface area contributed by atoms with Gasteiger partial charge in [0, 0.05) is 31.6 Å². The van der Waals surface area contributed by atoms with Gasteiger partial charge in [0.05, 0.1) is 5.69 Å². The number of nitrogens with one attached hydrogen (secondary N) is 3. The summed E-state index contributed by atoms with van der Waals surface area (Å²) in [5.41, 5.74) is 0.641. The van der Waals surface area contributed by atoms with Crippen LogP contribution in [0.5, 0.6) is 0 Å². The van der Waals surface area contributed by atoms with Crippen molar-refractivity contribution in [3.05, 3.63) is 41.0 Å². The number of likely N-dealkylation sites (N-methyl/N-ethyl adjacent to an activating group) is 1. The number of alkyl halides is 1. The van der Waals surface area contributed by atoms with Crippen molar-refractivity contribution in [3.63, 3.8) is 0 Å². The number of carbonyl (C=O) groups excluding carboxylic acids is 4. The van der Waals surface area contributed by atoms with Gasteiger partial charge in [-0.3, -0.25) is 19.2 Å². The molecule has 3 N–H and O–H groups in total. The molecule has 2 heterocycles. The molecule has 1 aliphatic heterocycles. The quantitative estimate of drug-likeness (QED) is 0.332. The Bertz CT molecular complexity index is 1430. The van der Waals surface area contributed by atoms with Crippen molar-refractivity contribution < 1.29 is 32.6 Å². The van der Waals surface area contributed by atoms with E-state index in [2.05, 4.69) is 38.1 Å². The van der Waals surface area contributed by atoms with E-state index in [-0.39, 0.29) is 29.2 Å². The van der Waals surface area contributed by atoms with Crippen LogP contribution in [0.2, 0.25) is 0 Å². The largest absolute Gasteiger partial charge is 0.341 e. The Kier molecular flexibility index (Phi) is 12.0. The van der Waals surface area contributed by atoms with Crippen LogP contribution in [0.25, 0.3) is 0 Å². The van der Waals surface area contributed by atoms with E-state index in [1.807, 2.05) is 14.0 Å². The molecule has 0 radical (unpaired) electrons. The zero-order valence-corrected chi connectivity index (χ0v) is 28.0. The number of nitrogens with zero attached hydrogens (tertiary/aromatic N) is 4. The van der Waals surface area contributed by atoms with Gasteiger partial charge in [-0.1, -0.05) is 44.8 Å². The Morgan fingerprint density at radius 2 is 1.72 bits per heavy atom. The minimum atomic E-state index is -1.84. The summed E-state index contributed by atoms with van der Waals surface area (Å²) < 4.78 is 34.3. The predicted octanol–water partition coefficient (Wildman–Crippen LogP) is 3.44. The number of anilines is 1. The van der Waals surface area contributed by atoms with Crippen LogP contribution in [0, 0.1) is 17.7 Å². The Hall–Kier alpha value is -3.94. The second-order valence-corrected chi connectivity index (χ2v) is 13.1. The highest BCUT2D eigenvalue weighted by molar-refractivity contribution is 6.01. The summed E-state index contributed by atoms with van der Waals surface area (Å²) in [6.07, 6.45) is 1.77. The summed E-state index contributed by atoms with van der Waals surface area (Å²) in [6.45, 7) is 10.2. The monoisotopic (exact) mass is 659 g/mol. The van der Waals surface area contributed by atoms with Crippen LogP contribution in [0.4, 0.5) is 14.5 Å². The molecule has 2 fully saturated rings. The predicted molar refractivity (Wildman–Crippen MR) is 171 cm³/mol. The smallest absolute Gasteiger partial charge is 0.276 e. The van der Waals surface area contributed by atoms with Crippen molar-refractivity contribution in [1.29, 1.82) is 0 Å². The van der Waals surface area contributed by atoms with Crippen LogP contribution in [0.3, 0.4) is 0 Å². The number of aryl methyl sites for hydroxylation is 1. The fourth-order valence-corrected chi connectivity index (χ4v) is 6.27. The Morgan fingerprint density at radius 3 is 2.34 bits per heavy atom. The molecule has 0 bridgehead atoms. The maximum atomic E-state index is 15.6. The molecule has 47 heavy (non-hydrogen) atoms. The molecule has 1 aromatic carbocycles. The van der Waals surface area contributed by atoms with Crippen LogP contribution >= 0.6 is 0 Å². The second kappa shape index (κ2) is 15.8. The average Bonchev–Trinajstić information content (AvgIpc) is 3.53. The summed E-state index contributed by atoms with van der Waals surface area (Å²) >= 11 is 0. The SMILES string of the molecule is CCc1nonc1C(=O)N[C@H](C(=O)Nc1ccc([C@H](C)C(NC(=O)C(C)F)C(=O)N2CCN(C)[C@@H](C)C2)cc1F)[C@H]1CC[C@H](C)CC1. The van der Waals surface area contributed by atoms with Crippen LogP contribution < -0.4 is 16.0 Å². The Balaban J connectivity index is 1.53. The van der Waals surface area contributed by atoms with Crippen LogP contribution in [-0.2, 0) is 20.8 Å². The van der Waals surface area contributed by atoms with Gasteiger partial charge in [-0.25, -0.2) is 13.4 Å². The fourth-order valence-electron chi connectivity index (χ4n) is 6.27. The van der Waals surface area contributed by atoms with Crippen molar-refractivity contribution in [2.45, 2.75) is 96.9 Å². The summed E-state index contributed by atoms with van der Waals surface area (Å²) in [5.74, 6) is -3.64. The first-order valence-electron chi connectivity index (χ1n) is 16.5. The first kappa shape index (κ1) is 35.9. The lowest BCUT2D eigenvalue weighted by Crippen LogP contribution is -2.58. The standard InChI is InChI=1S/C33H47F2N7O5/c1-7-25-29(40-47-39-25)32(45)38-28(22-10-8-18(2)9-11-22)31(44)36-26-13-12-23(16-24(26)35)20(4)27(37-30(43)21(5)34)33(46)42-15-14-41(6)19(3)17-42/h12-13,16,18-22,27-28H,7-11,14-15,17H2,1-6H3,(H,36,44)(H,37,43)(H,38,45)/t18-,19-,20-,21?,22-,27?,28-/m0/s1. The zero-order valence-electron chi connectivity index (χ0n) is 28.0. The third-order valence-electron chi connectivity index (χ3n) is 9.68. The lowest BCUT2D eigenvalue weighted by Gasteiger charge is -2.40. The molecule has 0 spiro atoms. The number of aromatic nitrogens is 2. The van der Waals surface area contributed by atoms with E-state index in [9.17, 15) is 23.6 Å². The van der Waals surface area contributed by atoms with Crippen molar-refractivity contribution in [2.75, 3.05) is 32.0 Å². The number of amides is 4. The van der Waals surface area contributed by atoms with Crippen molar-refractivity contribution >= 4 is 29.3 Å². The summed E-state index contributed by atoms with van der Waals surface area (Å²) in [5, 5.41) is 15.4. The normalized spacial score (nSPS) is 22.9. The minimum absolute atomic E-state index is 0.00313. The van der Waals surface area contributed by atoms with Crippen LogP contribution in [-0.4, -0.2) is 94.7 Å². The molecule has 2 aliphatic rings. The molecule has 2 aromatic rings. The third-order valence-corrected chi connectivity index (χ3v) is 9.68. The maximum absolute atomic E-state index is 15.6. The molecule has 1 aromatic heterocycles. The van der Waals surface area contributed by atoms with E-state index in [0.29, 0.717) is 56.1 Å². The van der Waals surface area contributed by atoms with E-state index >= 15 is 4.39 Å². The molecule has 4 amide bonds. The van der Waals surface area contributed by atoms with Gasteiger partial charge in [-0.15, -0.1) is 0 Å². The summed E-state index contributed by atoms with van der Waals surface area (Å²) in [6, 6.07) is 2.14. The van der Waals surface area contributed by atoms with Gasteiger partial charge in [0.15, 0.2) is 11.9 Å². The lowest BCUT2D eigenvalue weighted by atomic mass is 9.79. The van der Waals surface area contributed by atoms with Gasteiger partial charge in [0.25, 0.3) is 11.8 Å². The molecule has 5 atom stereocenters. The number of benzene rings is 1. The molecule has 4 rings (SSSR count). The lowest BCUT2D eigenvalue weighted by molar-refractivity contribution is -0.140. The summed E-state index contributed by atoms with van der Waals surface area (Å²) in [7, 11) is 1.96. The zero-order chi connectivity index (χ0) is 34.4. The van der Waals surface area contributed by atoms with Crippen molar-refractivity contribution in [1.82, 2.24) is 30.7 Å². The summed E-state index contributed by atoms with van der Waals surface area (Å²) in [4.78, 5) is 56.6. The van der Waals surface area contributed by atoms with Crippen LogP contribution in [0.15, 0.2) is 22.8 Å². The second-order valence-electron chi connectivity index (χ2n) is 13.1. The highest BCUT2D eigenvalue weighted by atomic mass is 19.1. The van der Waals surface area contributed by atoms with Crippen molar-refractivity contribution in [3.8, 4) is 0 Å². The van der Waals surface area contributed by atoms with Crippen molar-refractivity contribution in [2.24, 2.45) is 11.8 Å². The fraction of sp³-hybridized carbons (Fsp3) is 0.636. The number of hydrogen-bond acceptors (Lipinski definition) is 8. The van der Waals surface area contributed by atoms with Gasteiger partial charge in [-0.05, 0) is 74.8 Å². The molecule has 258 valence electrons. The molecule has 12 nitrogen and oxygen atoms in total. The van der Waals surface area contributed by atoms with E-state index in [0.717, 1.165) is 19.8 Å². The number of hydrogen-bond donors (Lipinski definition) is 3. The molecule has 14 heteroatoms. The van der Waals surface area contributed by atoms with Gasteiger partial charge < -0.3 is 25.8 Å².